The number of fused-ring (bicyclic) bond motifs is 1. The fraction of sp³-hybridized carbons (Fsp3) is 0.192. The largest absolute Gasteiger partial charge is 0.464 e. The Labute approximate surface area is 171 Å². The maximum atomic E-state index is 12.5. The molecule has 0 radical (unpaired) electrons. The second kappa shape index (κ2) is 7.25. The maximum absolute atomic E-state index is 12.5. The average Bonchev–Trinajstić information content (AvgIpc) is 3.04. The highest BCUT2D eigenvalue weighted by Crippen LogP contribution is 2.36. The lowest BCUT2D eigenvalue weighted by Gasteiger charge is -2.09. The third kappa shape index (κ3) is 3.56. The predicted molar refractivity (Wildman–Crippen MR) is 119 cm³/mol. The Balaban J connectivity index is 2.01. The first kappa shape index (κ1) is 19.0. The molecule has 3 nitrogen and oxygen atoms in total. The van der Waals surface area contributed by atoms with Crippen LogP contribution in [0.5, 0.6) is 0 Å². The van der Waals surface area contributed by atoms with Gasteiger partial charge in [0.05, 0.1) is 7.11 Å². The molecular formula is C26H25NO2. The molecule has 4 rings (SSSR count). The summed E-state index contributed by atoms with van der Waals surface area (Å²) < 4.78 is 5.06. The van der Waals surface area contributed by atoms with Gasteiger partial charge in [0.2, 0.25) is 0 Å². The zero-order chi connectivity index (χ0) is 20.7. The summed E-state index contributed by atoms with van der Waals surface area (Å²) >= 11 is 0. The fourth-order valence-corrected chi connectivity index (χ4v) is 4.19. The smallest absolute Gasteiger partial charge is 0.355 e. The lowest BCUT2D eigenvalue weighted by Crippen LogP contribution is -2.03. The van der Waals surface area contributed by atoms with Crippen LogP contribution in [0.4, 0.5) is 0 Å². The van der Waals surface area contributed by atoms with Crippen LogP contribution in [-0.4, -0.2) is 18.1 Å². The minimum atomic E-state index is -0.358. The Morgan fingerprint density at radius 3 is 1.83 bits per heavy atom. The minimum Gasteiger partial charge on any atom is -0.464 e. The van der Waals surface area contributed by atoms with Gasteiger partial charge in [0, 0.05) is 16.5 Å². The van der Waals surface area contributed by atoms with E-state index in [2.05, 4.69) is 81.2 Å². The summed E-state index contributed by atoms with van der Waals surface area (Å²) in [6.45, 7) is 8.37. The van der Waals surface area contributed by atoms with Gasteiger partial charge in [0.25, 0.3) is 0 Å². The molecule has 0 aliphatic heterocycles. The number of aryl methyl sites for hydroxylation is 4. The number of benzene rings is 3. The van der Waals surface area contributed by atoms with Gasteiger partial charge in [-0.15, -0.1) is 0 Å². The van der Waals surface area contributed by atoms with Crippen molar-refractivity contribution in [2.45, 2.75) is 27.7 Å². The summed E-state index contributed by atoms with van der Waals surface area (Å²) in [5.41, 5.74) is 10.4. The molecule has 1 N–H and O–H groups in total. The van der Waals surface area contributed by atoms with E-state index in [1.165, 1.54) is 23.8 Å². The van der Waals surface area contributed by atoms with Crippen molar-refractivity contribution >= 4 is 16.9 Å². The molecule has 0 aliphatic rings. The molecule has 4 aromatic rings. The number of rotatable bonds is 3. The second-order valence-corrected chi connectivity index (χ2v) is 7.88. The van der Waals surface area contributed by atoms with Gasteiger partial charge in [-0.25, -0.2) is 4.79 Å². The Kier molecular flexibility index (Phi) is 4.75. The van der Waals surface area contributed by atoms with E-state index in [0.29, 0.717) is 5.69 Å². The normalized spacial score (nSPS) is 11.1. The molecule has 0 fully saturated rings. The molecule has 0 saturated heterocycles. The number of esters is 1. The SMILES string of the molecule is COC(=O)c1[nH]c2ccc(-c3cc(C)cc(C)c3)cc2c1-c1cc(C)cc(C)c1. The van der Waals surface area contributed by atoms with Crippen LogP contribution in [0.25, 0.3) is 33.2 Å². The van der Waals surface area contributed by atoms with Crippen molar-refractivity contribution in [1.82, 2.24) is 4.98 Å². The van der Waals surface area contributed by atoms with Gasteiger partial charge in [-0.05, 0) is 56.5 Å². The summed E-state index contributed by atoms with van der Waals surface area (Å²) in [4.78, 5) is 15.8. The zero-order valence-electron chi connectivity index (χ0n) is 17.5. The van der Waals surface area contributed by atoms with Crippen LogP contribution in [0.2, 0.25) is 0 Å². The van der Waals surface area contributed by atoms with E-state index in [9.17, 15) is 4.79 Å². The minimum absolute atomic E-state index is 0.358. The molecule has 1 heterocycles. The van der Waals surface area contributed by atoms with Crippen LogP contribution >= 0.6 is 0 Å². The highest BCUT2D eigenvalue weighted by molar-refractivity contribution is 6.09. The molecule has 0 atom stereocenters. The molecule has 146 valence electrons. The van der Waals surface area contributed by atoms with Crippen molar-refractivity contribution in [3.8, 4) is 22.3 Å². The molecule has 0 spiro atoms. The Morgan fingerprint density at radius 2 is 1.28 bits per heavy atom. The van der Waals surface area contributed by atoms with E-state index in [-0.39, 0.29) is 5.97 Å². The van der Waals surface area contributed by atoms with Crippen molar-refractivity contribution in [2.24, 2.45) is 0 Å². The van der Waals surface area contributed by atoms with E-state index >= 15 is 0 Å². The Hall–Kier alpha value is -3.33. The Bertz CT molecular complexity index is 1210. The number of H-pyrrole nitrogens is 1. The number of carbonyl (C=O) groups is 1. The van der Waals surface area contributed by atoms with E-state index in [4.69, 9.17) is 4.74 Å². The lowest BCUT2D eigenvalue weighted by molar-refractivity contribution is 0.0596. The van der Waals surface area contributed by atoms with Crippen LogP contribution in [0, 0.1) is 27.7 Å². The van der Waals surface area contributed by atoms with E-state index in [0.717, 1.165) is 38.7 Å². The molecule has 0 saturated carbocycles. The zero-order valence-corrected chi connectivity index (χ0v) is 17.5. The number of nitrogens with one attached hydrogen (secondary N) is 1. The molecule has 0 amide bonds. The molecule has 1 aromatic heterocycles. The van der Waals surface area contributed by atoms with Crippen molar-refractivity contribution in [1.29, 1.82) is 0 Å². The number of ether oxygens (including phenoxy) is 1. The van der Waals surface area contributed by atoms with Gasteiger partial charge in [0.15, 0.2) is 0 Å². The van der Waals surface area contributed by atoms with Gasteiger partial charge in [-0.1, -0.05) is 64.7 Å². The number of hydrogen-bond acceptors (Lipinski definition) is 2. The molecule has 29 heavy (non-hydrogen) atoms. The van der Waals surface area contributed by atoms with Gasteiger partial charge in [-0.2, -0.15) is 0 Å². The van der Waals surface area contributed by atoms with Crippen molar-refractivity contribution in [2.75, 3.05) is 7.11 Å². The summed E-state index contributed by atoms with van der Waals surface area (Å²) in [5, 5.41) is 1.02. The topological polar surface area (TPSA) is 42.1 Å². The molecule has 3 heteroatoms. The van der Waals surface area contributed by atoms with Crippen molar-refractivity contribution < 1.29 is 9.53 Å². The molecule has 0 aliphatic carbocycles. The number of aromatic amines is 1. The third-order valence-corrected chi connectivity index (χ3v) is 5.25. The second-order valence-electron chi connectivity index (χ2n) is 7.88. The summed E-state index contributed by atoms with van der Waals surface area (Å²) in [6.07, 6.45) is 0. The van der Waals surface area contributed by atoms with Crippen molar-refractivity contribution in [3.05, 3.63) is 82.5 Å². The van der Waals surface area contributed by atoms with Crippen molar-refractivity contribution in [3.63, 3.8) is 0 Å². The van der Waals surface area contributed by atoms with Gasteiger partial charge >= 0.3 is 5.97 Å². The highest BCUT2D eigenvalue weighted by atomic mass is 16.5. The quantitative estimate of drug-likeness (QED) is 0.409. The monoisotopic (exact) mass is 383 g/mol. The number of hydrogen-bond donors (Lipinski definition) is 1. The Morgan fingerprint density at radius 1 is 0.724 bits per heavy atom. The standard InChI is InChI=1S/C26H25NO2/c1-15-8-16(2)11-20(10-15)19-6-7-23-22(14-19)24(25(27-23)26(28)29-5)21-12-17(3)9-18(4)13-21/h6-14,27H,1-5H3. The van der Waals surface area contributed by atoms with Gasteiger partial charge in [0.1, 0.15) is 5.69 Å². The first-order valence-corrected chi connectivity index (χ1v) is 9.77. The van der Waals surface area contributed by atoms with Crippen LogP contribution in [0.15, 0.2) is 54.6 Å². The summed E-state index contributed by atoms with van der Waals surface area (Å²) in [5.74, 6) is -0.358. The molecule has 3 aromatic carbocycles. The summed E-state index contributed by atoms with van der Waals surface area (Å²) in [6, 6.07) is 19.2. The predicted octanol–water partition coefficient (Wildman–Crippen LogP) is 6.52. The first-order chi connectivity index (χ1) is 13.9. The first-order valence-electron chi connectivity index (χ1n) is 9.77. The van der Waals surface area contributed by atoms with E-state index in [1.54, 1.807) is 0 Å². The number of methoxy groups -OCH3 is 1. The van der Waals surface area contributed by atoms with Gasteiger partial charge < -0.3 is 9.72 Å². The average molecular weight is 383 g/mol. The number of carbonyl (C=O) groups excluding carboxylic acids is 1. The van der Waals surface area contributed by atoms with Crippen LogP contribution in [0.3, 0.4) is 0 Å². The van der Waals surface area contributed by atoms with E-state index < -0.39 is 0 Å². The van der Waals surface area contributed by atoms with Crippen LogP contribution in [0.1, 0.15) is 32.7 Å². The molecule has 0 bridgehead atoms. The fourth-order valence-electron chi connectivity index (χ4n) is 4.19. The lowest BCUT2D eigenvalue weighted by atomic mass is 9.95. The highest BCUT2D eigenvalue weighted by Gasteiger charge is 2.20. The van der Waals surface area contributed by atoms with Gasteiger partial charge in [-0.3, -0.25) is 0 Å². The van der Waals surface area contributed by atoms with Crippen LogP contribution < -0.4 is 0 Å². The molecule has 0 unspecified atom stereocenters. The number of aromatic nitrogens is 1. The van der Waals surface area contributed by atoms with E-state index in [1.807, 2.05) is 6.07 Å². The molecular weight excluding hydrogens is 358 g/mol. The third-order valence-electron chi connectivity index (χ3n) is 5.25. The summed E-state index contributed by atoms with van der Waals surface area (Å²) in [7, 11) is 1.42. The maximum Gasteiger partial charge on any atom is 0.355 e. The van der Waals surface area contributed by atoms with Crippen LogP contribution in [-0.2, 0) is 4.74 Å².